The van der Waals surface area contributed by atoms with Crippen molar-refractivity contribution >= 4 is 17.5 Å². The van der Waals surface area contributed by atoms with Gasteiger partial charge in [-0.25, -0.2) is 4.39 Å². The fraction of sp³-hybridized carbons (Fsp3) is 0.381. The number of halogens is 5. The number of primary amides is 1. The lowest BCUT2D eigenvalue weighted by Crippen LogP contribution is -2.45. The molecular formula is C21H20F5N3O4. The van der Waals surface area contributed by atoms with Crippen molar-refractivity contribution in [3.63, 3.8) is 0 Å². The van der Waals surface area contributed by atoms with Crippen LogP contribution >= 0.6 is 0 Å². The molecule has 0 aliphatic carbocycles. The maximum absolute atomic E-state index is 14.3. The zero-order valence-corrected chi connectivity index (χ0v) is 17.5. The average molecular weight is 473 g/mol. The summed E-state index contributed by atoms with van der Waals surface area (Å²) < 4.78 is 80.1. The van der Waals surface area contributed by atoms with E-state index in [9.17, 15) is 31.5 Å². The Hall–Kier alpha value is -3.28. The van der Waals surface area contributed by atoms with Crippen LogP contribution in [0.5, 0.6) is 5.75 Å². The van der Waals surface area contributed by atoms with Crippen LogP contribution in [0.25, 0.3) is 0 Å². The largest absolute Gasteiger partial charge is 0.493 e. The molecule has 1 fully saturated rings. The topological polar surface area (TPSA) is 104 Å². The first-order valence-electron chi connectivity index (χ1n) is 9.77. The highest BCUT2D eigenvalue weighted by atomic mass is 19.4. The van der Waals surface area contributed by atoms with Crippen molar-refractivity contribution in [3.05, 3.63) is 53.4 Å². The highest BCUT2D eigenvalue weighted by molar-refractivity contribution is 5.97. The molecule has 1 aromatic heterocycles. The van der Waals surface area contributed by atoms with Gasteiger partial charge in [0.25, 0.3) is 11.8 Å². The van der Waals surface area contributed by atoms with Crippen LogP contribution in [0.4, 0.5) is 27.6 Å². The zero-order chi connectivity index (χ0) is 24.6. The number of anilines is 1. The zero-order valence-electron chi connectivity index (χ0n) is 17.5. The van der Waals surface area contributed by atoms with Crippen LogP contribution in [0.15, 0.2) is 30.5 Å². The summed E-state index contributed by atoms with van der Waals surface area (Å²) >= 11 is 0. The molecule has 0 saturated carbocycles. The number of rotatable bonds is 6. The second-order valence-corrected chi connectivity index (χ2v) is 7.46. The molecule has 7 nitrogen and oxygen atoms in total. The molecule has 178 valence electrons. The summed E-state index contributed by atoms with van der Waals surface area (Å²) in [6.45, 7) is 1.25. The van der Waals surface area contributed by atoms with Crippen molar-refractivity contribution < 1.29 is 41.0 Å². The van der Waals surface area contributed by atoms with Gasteiger partial charge in [0.1, 0.15) is 11.8 Å². The lowest BCUT2D eigenvalue weighted by molar-refractivity contribution is -0.270. The normalized spacial score (nSPS) is 22.8. The quantitative estimate of drug-likeness (QED) is 0.623. The van der Waals surface area contributed by atoms with Crippen molar-refractivity contribution in [2.45, 2.75) is 43.6 Å². The molecular weight excluding hydrogens is 453 g/mol. The molecule has 33 heavy (non-hydrogen) atoms. The number of methoxy groups -OCH3 is 1. The molecule has 1 aliphatic rings. The maximum atomic E-state index is 14.3. The number of pyridine rings is 1. The molecule has 2 heterocycles. The minimum absolute atomic E-state index is 0.0319. The van der Waals surface area contributed by atoms with Gasteiger partial charge in [0, 0.05) is 23.4 Å². The maximum Gasteiger partial charge on any atom is 0.417 e. The van der Waals surface area contributed by atoms with Crippen LogP contribution in [0, 0.1) is 11.6 Å². The molecule has 3 atom stereocenters. The van der Waals surface area contributed by atoms with Crippen LogP contribution in [0.3, 0.4) is 0 Å². The van der Waals surface area contributed by atoms with E-state index in [2.05, 4.69) is 10.3 Å². The Morgan fingerprint density at radius 3 is 2.58 bits per heavy atom. The second-order valence-electron chi connectivity index (χ2n) is 7.46. The van der Waals surface area contributed by atoms with Crippen molar-refractivity contribution in [2.75, 3.05) is 12.4 Å². The van der Waals surface area contributed by atoms with Crippen LogP contribution in [-0.4, -0.2) is 41.8 Å². The predicted molar refractivity (Wildman–Crippen MR) is 106 cm³/mol. The number of alkyl halides is 3. The summed E-state index contributed by atoms with van der Waals surface area (Å²) in [7, 11) is 1.03. The number of hydrogen-bond acceptors (Lipinski definition) is 5. The summed E-state index contributed by atoms with van der Waals surface area (Å²) in [5.41, 5.74) is 2.15. The number of aromatic nitrogens is 1. The molecule has 1 aliphatic heterocycles. The van der Waals surface area contributed by atoms with E-state index in [1.807, 2.05) is 0 Å². The van der Waals surface area contributed by atoms with Gasteiger partial charge in [-0.1, -0.05) is 13.0 Å². The number of ether oxygens (including phenoxy) is 2. The Bertz CT molecular complexity index is 1080. The smallest absolute Gasteiger partial charge is 0.417 e. The molecule has 3 N–H and O–H groups in total. The molecule has 0 unspecified atom stereocenters. The fourth-order valence-electron chi connectivity index (χ4n) is 3.86. The van der Waals surface area contributed by atoms with E-state index < -0.39 is 65.8 Å². The molecule has 3 rings (SSSR count). The summed E-state index contributed by atoms with van der Waals surface area (Å²) in [6.07, 6.45) is -6.67. The van der Waals surface area contributed by atoms with Gasteiger partial charge in [-0.3, -0.25) is 14.6 Å². The fourth-order valence-corrected chi connectivity index (χ4v) is 3.86. The Morgan fingerprint density at radius 1 is 1.30 bits per heavy atom. The van der Waals surface area contributed by atoms with Gasteiger partial charge in [-0.15, -0.1) is 0 Å². The van der Waals surface area contributed by atoms with Crippen LogP contribution in [-0.2, 0) is 9.53 Å². The van der Waals surface area contributed by atoms with Gasteiger partial charge in [0.15, 0.2) is 17.2 Å². The number of nitrogens with two attached hydrogens (primary N) is 1. The van der Waals surface area contributed by atoms with Crippen molar-refractivity contribution in [3.8, 4) is 5.75 Å². The molecule has 2 amide bonds. The summed E-state index contributed by atoms with van der Waals surface area (Å²) in [4.78, 5) is 28.0. The monoisotopic (exact) mass is 473 g/mol. The molecule has 1 saturated heterocycles. The molecule has 1 aromatic carbocycles. The van der Waals surface area contributed by atoms with Crippen LogP contribution in [0.1, 0.15) is 41.7 Å². The Morgan fingerprint density at radius 2 is 2.00 bits per heavy atom. The highest BCUT2D eigenvalue weighted by Gasteiger charge is 2.63. The number of carbonyl (C=O) groups excluding carboxylic acids is 2. The summed E-state index contributed by atoms with van der Waals surface area (Å²) in [5, 5.41) is 2.37. The van der Waals surface area contributed by atoms with Gasteiger partial charge in [-0.2, -0.15) is 17.6 Å². The van der Waals surface area contributed by atoms with Gasteiger partial charge in [0.2, 0.25) is 5.82 Å². The number of amides is 2. The molecule has 2 aromatic rings. The average Bonchev–Trinajstić information content (AvgIpc) is 3.17. The van der Waals surface area contributed by atoms with Gasteiger partial charge in [0.05, 0.1) is 7.11 Å². The number of benzene rings is 1. The van der Waals surface area contributed by atoms with E-state index in [1.165, 1.54) is 19.2 Å². The van der Waals surface area contributed by atoms with Crippen molar-refractivity contribution in [1.82, 2.24) is 4.98 Å². The number of nitrogens with one attached hydrogen (secondary N) is 1. The van der Waals surface area contributed by atoms with E-state index in [-0.39, 0.29) is 16.9 Å². The van der Waals surface area contributed by atoms with E-state index in [0.29, 0.717) is 0 Å². The SMILES string of the molecule is CC[C@]1(C(F)(F)F)C[C@@H](c2ccc(F)c(F)c2OC)[C@@H](C(=O)Nc2ccnc(C(N)=O)c2)O1. The van der Waals surface area contributed by atoms with Crippen LogP contribution < -0.4 is 15.8 Å². The van der Waals surface area contributed by atoms with Gasteiger partial charge < -0.3 is 20.5 Å². The predicted octanol–water partition coefficient (Wildman–Crippen LogP) is 3.69. The molecule has 0 bridgehead atoms. The second kappa shape index (κ2) is 8.93. The summed E-state index contributed by atoms with van der Waals surface area (Å²) in [5.74, 6) is -6.47. The standard InChI is InChI=1S/C21H20F5N3O4/c1-3-20(21(24,25)26)9-12(11-4-5-13(22)15(23)16(11)32-2)17(33-20)19(31)29-10-6-7-28-14(8-10)18(27)30/h4-8,12,17H,3,9H2,1-2H3,(H2,27,30)(H,28,29,31)/t12-,17-,20+/m0/s1. The lowest BCUT2D eigenvalue weighted by Gasteiger charge is -2.30. The van der Waals surface area contributed by atoms with E-state index >= 15 is 0 Å². The van der Waals surface area contributed by atoms with Gasteiger partial charge >= 0.3 is 6.18 Å². The third-order valence-corrected chi connectivity index (χ3v) is 5.58. The van der Waals surface area contributed by atoms with E-state index in [1.54, 1.807) is 0 Å². The third kappa shape index (κ3) is 4.47. The van der Waals surface area contributed by atoms with Crippen molar-refractivity contribution in [2.24, 2.45) is 5.73 Å². The first-order chi connectivity index (χ1) is 15.4. The number of hydrogen-bond donors (Lipinski definition) is 2. The molecule has 0 radical (unpaired) electrons. The minimum atomic E-state index is -4.85. The highest BCUT2D eigenvalue weighted by Crippen LogP contribution is 2.53. The Labute approximate surface area is 185 Å². The van der Waals surface area contributed by atoms with E-state index in [0.717, 1.165) is 25.3 Å². The minimum Gasteiger partial charge on any atom is -0.493 e. The Kier molecular flexibility index (Phi) is 6.59. The molecule has 0 spiro atoms. The van der Waals surface area contributed by atoms with Gasteiger partial charge in [-0.05, 0) is 31.0 Å². The van der Waals surface area contributed by atoms with Crippen molar-refractivity contribution in [1.29, 1.82) is 0 Å². The van der Waals surface area contributed by atoms with Crippen LogP contribution in [0.2, 0.25) is 0 Å². The first-order valence-corrected chi connectivity index (χ1v) is 9.77. The Balaban J connectivity index is 2.05. The lowest BCUT2D eigenvalue weighted by atomic mass is 9.84. The number of nitrogens with zero attached hydrogens (tertiary/aromatic N) is 1. The third-order valence-electron chi connectivity index (χ3n) is 5.58. The van der Waals surface area contributed by atoms with E-state index in [4.69, 9.17) is 15.2 Å². The number of carbonyl (C=O) groups is 2. The molecule has 12 heteroatoms. The summed E-state index contributed by atoms with van der Waals surface area (Å²) in [6, 6.07) is 4.23. The first kappa shape index (κ1) is 24.4.